The second-order valence-electron chi connectivity index (χ2n) is 6.45. The van der Waals surface area contributed by atoms with Gasteiger partial charge in [-0.25, -0.2) is 0 Å². The Bertz CT molecular complexity index is 735. The van der Waals surface area contributed by atoms with Gasteiger partial charge in [-0.15, -0.1) is 0 Å². The van der Waals surface area contributed by atoms with Crippen LogP contribution < -0.4 is 5.32 Å². The van der Waals surface area contributed by atoms with E-state index in [1.807, 2.05) is 6.92 Å². The second-order valence-corrected chi connectivity index (χ2v) is 6.45. The Morgan fingerprint density at radius 1 is 1.35 bits per heavy atom. The van der Waals surface area contributed by atoms with E-state index in [1.165, 1.54) is 30.0 Å². The Morgan fingerprint density at radius 2 is 2.04 bits per heavy atom. The summed E-state index contributed by atoms with van der Waals surface area (Å²) in [6.45, 7) is 3.45. The minimum atomic E-state index is -0.942. The van der Waals surface area contributed by atoms with E-state index in [0.29, 0.717) is 12.8 Å². The number of rotatable bonds is 5. The first kappa shape index (κ1) is 19.4. The van der Waals surface area contributed by atoms with E-state index in [4.69, 9.17) is 5.11 Å². The van der Waals surface area contributed by atoms with Crippen LogP contribution in [0.4, 0.5) is 5.69 Å². The number of piperidine rings is 1. The molecule has 1 fully saturated rings. The minimum Gasteiger partial charge on any atom is -0.481 e. The number of carboxylic acids is 1. The highest BCUT2D eigenvalue weighted by molar-refractivity contribution is 5.98. The van der Waals surface area contributed by atoms with Crippen molar-refractivity contribution in [1.29, 1.82) is 0 Å². The van der Waals surface area contributed by atoms with E-state index in [2.05, 4.69) is 5.32 Å². The molecule has 2 N–H and O–H groups in total. The van der Waals surface area contributed by atoms with Gasteiger partial charge in [-0.1, -0.05) is 6.07 Å². The summed E-state index contributed by atoms with van der Waals surface area (Å²) >= 11 is 0. The number of carbonyl (C=O) groups is 3. The van der Waals surface area contributed by atoms with Crippen LogP contribution in [-0.2, 0) is 9.59 Å². The largest absolute Gasteiger partial charge is 0.481 e. The summed E-state index contributed by atoms with van der Waals surface area (Å²) in [4.78, 5) is 47.8. The third kappa shape index (κ3) is 4.35. The van der Waals surface area contributed by atoms with Crippen LogP contribution in [0.3, 0.4) is 0 Å². The minimum absolute atomic E-state index is 0.0777. The van der Waals surface area contributed by atoms with Crippen LogP contribution in [0.15, 0.2) is 24.3 Å². The van der Waals surface area contributed by atoms with Crippen LogP contribution in [0.2, 0.25) is 0 Å². The average Bonchev–Trinajstić information content (AvgIpc) is 2.61. The fourth-order valence-corrected chi connectivity index (χ4v) is 2.97. The summed E-state index contributed by atoms with van der Waals surface area (Å²) in [6, 6.07) is 4.23. The van der Waals surface area contributed by atoms with Gasteiger partial charge in [0.05, 0.1) is 10.8 Å². The van der Waals surface area contributed by atoms with Crippen LogP contribution in [0.25, 0.3) is 0 Å². The Hall–Kier alpha value is -2.97. The maximum Gasteiger partial charge on any atom is 0.308 e. The van der Waals surface area contributed by atoms with E-state index in [0.717, 1.165) is 6.07 Å². The summed E-state index contributed by atoms with van der Waals surface area (Å²) in [5.41, 5.74) is -0.139. The topological polar surface area (TPSA) is 130 Å². The highest BCUT2D eigenvalue weighted by Gasteiger charge is 2.34. The summed E-state index contributed by atoms with van der Waals surface area (Å²) in [6.07, 6.45) is 1.09. The molecule has 2 amide bonds. The zero-order chi connectivity index (χ0) is 19.4. The summed E-state index contributed by atoms with van der Waals surface area (Å²) in [7, 11) is 0. The molecule has 140 valence electrons. The number of carboxylic acid groups (broad SMARTS) is 1. The van der Waals surface area contributed by atoms with Gasteiger partial charge in [0.15, 0.2) is 0 Å². The van der Waals surface area contributed by atoms with Crippen LogP contribution in [0, 0.1) is 16.0 Å². The first-order valence-corrected chi connectivity index (χ1v) is 8.29. The molecule has 1 aliphatic rings. The molecule has 2 rings (SSSR count). The molecule has 1 heterocycles. The molecule has 1 saturated heterocycles. The molecule has 9 nitrogen and oxygen atoms in total. The molecular weight excluding hydrogens is 342 g/mol. The number of hydrogen-bond donors (Lipinski definition) is 2. The van der Waals surface area contributed by atoms with Gasteiger partial charge in [0.1, 0.15) is 6.04 Å². The molecule has 0 bridgehead atoms. The number of nitrogens with zero attached hydrogens (tertiary/aromatic N) is 2. The third-order valence-corrected chi connectivity index (χ3v) is 4.55. The van der Waals surface area contributed by atoms with Crippen molar-refractivity contribution in [3.05, 3.63) is 39.9 Å². The summed E-state index contributed by atoms with van der Waals surface area (Å²) < 4.78 is 0. The van der Waals surface area contributed by atoms with Crippen molar-refractivity contribution < 1.29 is 24.4 Å². The molecule has 0 spiro atoms. The lowest BCUT2D eigenvalue weighted by molar-refractivity contribution is -0.384. The Kier molecular flexibility index (Phi) is 5.91. The van der Waals surface area contributed by atoms with E-state index in [1.54, 1.807) is 0 Å². The molecule has 0 aromatic heterocycles. The predicted molar refractivity (Wildman–Crippen MR) is 91.6 cm³/mol. The standard InChI is InChI=1S/C17H21N3O6/c1-10-6-7-13(17(23)24)9-19(10)16(22)11(2)18-15(21)12-4-3-5-14(8-12)20(25)26/h3-5,8,10-11,13H,6-7,9H2,1-2H3,(H,18,21)(H,23,24). The van der Waals surface area contributed by atoms with E-state index >= 15 is 0 Å². The number of amides is 2. The molecule has 1 aliphatic heterocycles. The highest BCUT2D eigenvalue weighted by atomic mass is 16.6. The number of likely N-dealkylation sites (tertiary alicyclic amines) is 1. The van der Waals surface area contributed by atoms with Gasteiger partial charge >= 0.3 is 5.97 Å². The Balaban J connectivity index is 2.06. The maximum atomic E-state index is 12.6. The SMILES string of the molecule is CC(NC(=O)c1cccc([N+](=O)[O-])c1)C(=O)N1CC(C(=O)O)CCC1C. The number of benzene rings is 1. The van der Waals surface area contributed by atoms with Gasteiger partial charge < -0.3 is 15.3 Å². The van der Waals surface area contributed by atoms with E-state index < -0.39 is 28.8 Å². The number of carbonyl (C=O) groups excluding carboxylic acids is 2. The first-order valence-electron chi connectivity index (χ1n) is 8.29. The normalized spacial score (nSPS) is 20.9. The third-order valence-electron chi connectivity index (χ3n) is 4.55. The molecule has 9 heteroatoms. The molecule has 0 radical (unpaired) electrons. The monoisotopic (exact) mass is 363 g/mol. The van der Waals surface area contributed by atoms with Crippen molar-refractivity contribution >= 4 is 23.5 Å². The van der Waals surface area contributed by atoms with Crippen molar-refractivity contribution in [2.24, 2.45) is 5.92 Å². The molecule has 0 saturated carbocycles. The molecule has 0 aliphatic carbocycles. The molecule has 3 atom stereocenters. The van der Waals surface area contributed by atoms with Gasteiger partial charge in [-0.2, -0.15) is 0 Å². The highest BCUT2D eigenvalue weighted by Crippen LogP contribution is 2.23. The fraction of sp³-hybridized carbons (Fsp3) is 0.471. The van der Waals surface area contributed by atoms with Crippen LogP contribution in [0.1, 0.15) is 37.0 Å². The fourth-order valence-electron chi connectivity index (χ4n) is 2.97. The number of non-ortho nitro benzene ring substituents is 1. The zero-order valence-corrected chi connectivity index (χ0v) is 14.5. The van der Waals surface area contributed by atoms with Crippen molar-refractivity contribution in [1.82, 2.24) is 10.2 Å². The van der Waals surface area contributed by atoms with Gasteiger partial charge in [-0.3, -0.25) is 24.5 Å². The number of nitro benzene ring substituents is 1. The molecule has 1 aromatic rings. The lowest BCUT2D eigenvalue weighted by Gasteiger charge is -2.38. The summed E-state index contributed by atoms with van der Waals surface area (Å²) in [5, 5.41) is 22.5. The smallest absolute Gasteiger partial charge is 0.308 e. The maximum absolute atomic E-state index is 12.6. The predicted octanol–water partition coefficient (Wildman–Crippen LogP) is 1.42. The molecule has 1 aromatic carbocycles. The van der Waals surface area contributed by atoms with Crippen molar-refractivity contribution in [3.8, 4) is 0 Å². The lowest BCUT2D eigenvalue weighted by Crippen LogP contribution is -2.54. The molecule has 3 unspecified atom stereocenters. The number of aliphatic carboxylic acids is 1. The van der Waals surface area contributed by atoms with Crippen molar-refractivity contribution in [2.75, 3.05) is 6.54 Å². The number of nitro groups is 1. The zero-order valence-electron chi connectivity index (χ0n) is 14.5. The first-order chi connectivity index (χ1) is 12.2. The van der Waals surface area contributed by atoms with Crippen molar-refractivity contribution in [2.45, 2.75) is 38.8 Å². The Labute approximate surface area is 150 Å². The van der Waals surface area contributed by atoms with Gasteiger partial charge in [0.25, 0.3) is 11.6 Å². The summed E-state index contributed by atoms with van der Waals surface area (Å²) in [5.74, 6) is -2.53. The van der Waals surface area contributed by atoms with Crippen LogP contribution in [0.5, 0.6) is 0 Å². The van der Waals surface area contributed by atoms with Gasteiger partial charge in [-0.05, 0) is 32.8 Å². The Morgan fingerprint density at radius 3 is 2.65 bits per heavy atom. The lowest BCUT2D eigenvalue weighted by atomic mass is 9.93. The van der Waals surface area contributed by atoms with E-state index in [-0.39, 0.29) is 29.7 Å². The van der Waals surface area contributed by atoms with Crippen LogP contribution >= 0.6 is 0 Å². The van der Waals surface area contributed by atoms with Gasteiger partial charge in [0, 0.05) is 30.3 Å². The molecular formula is C17H21N3O6. The van der Waals surface area contributed by atoms with Gasteiger partial charge in [0.2, 0.25) is 5.91 Å². The van der Waals surface area contributed by atoms with Crippen LogP contribution in [-0.4, -0.2) is 51.3 Å². The quantitative estimate of drug-likeness (QED) is 0.601. The molecule has 26 heavy (non-hydrogen) atoms. The number of hydrogen-bond acceptors (Lipinski definition) is 5. The second kappa shape index (κ2) is 7.94. The average molecular weight is 363 g/mol. The van der Waals surface area contributed by atoms with E-state index in [9.17, 15) is 24.5 Å². The number of nitrogens with one attached hydrogen (secondary N) is 1. The van der Waals surface area contributed by atoms with Crippen molar-refractivity contribution in [3.63, 3.8) is 0 Å².